The molecule has 0 saturated carbocycles. The predicted molar refractivity (Wildman–Crippen MR) is 40.6 cm³/mol. The van der Waals surface area contributed by atoms with Crippen molar-refractivity contribution < 1.29 is 9.90 Å². The van der Waals surface area contributed by atoms with Crippen molar-refractivity contribution in [3.8, 4) is 0 Å². The Morgan fingerprint density at radius 2 is 2.58 bits per heavy atom. The molecule has 0 fully saturated rings. The highest BCUT2D eigenvalue weighted by Gasteiger charge is 2.08. The van der Waals surface area contributed by atoms with Gasteiger partial charge in [-0.1, -0.05) is 5.21 Å². The van der Waals surface area contributed by atoms with Crippen molar-refractivity contribution >= 4 is 5.97 Å². The highest BCUT2D eigenvalue weighted by Crippen LogP contribution is 1.93. The third-order valence-corrected chi connectivity index (χ3v) is 1.23. The van der Waals surface area contributed by atoms with Crippen LogP contribution in [-0.2, 0) is 6.54 Å². The normalized spacial score (nSPS) is 12.8. The van der Waals surface area contributed by atoms with Crippen LogP contribution in [0.5, 0.6) is 0 Å². The Kier molecular flexibility index (Phi) is 2.39. The van der Waals surface area contributed by atoms with Crippen molar-refractivity contribution in [3.63, 3.8) is 0 Å². The lowest BCUT2D eigenvalue weighted by Crippen LogP contribution is -2.22. The van der Waals surface area contributed by atoms with Crippen LogP contribution in [0.25, 0.3) is 0 Å². The van der Waals surface area contributed by atoms with Crippen LogP contribution in [0.4, 0.5) is 0 Å². The zero-order chi connectivity index (χ0) is 9.14. The molecular weight excluding hydrogens is 160 g/mol. The number of nitrogens with zero attached hydrogens (tertiary/aromatic N) is 3. The van der Waals surface area contributed by atoms with Crippen LogP contribution in [0.15, 0.2) is 6.20 Å². The molecular formula is C6H10N4O2. The van der Waals surface area contributed by atoms with Gasteiger partial charge >= 0.3 is 5.97 Å². The van der Waals surface area contributed by atoms with Crippen LogP contribution in [-0.4, -0.2) is 32.1 Å². The van der Waals surface area contributed by atoms with Crippen LogP contribution in [0.3, 0.4) is 0 Å². The number of carboxylic acid groups (broad SMARTS) is 1. The number of carbonyl (C=O) groups is 1. The average Bonchev–Trinajstić information content (AvgIpc) is 2.34. The summed E-state index contributed by atoms with van der Waals surface area (Å²) in [6.07, 6.45) is 1.35. The van der Waals surface area contributed by atoms with Gasteiger partial charge in [-0.2, -0.15) is 0 Å². The Hall–Kier alpha value is -1.43. The first-order chi connectivity index (χ1) is 5.59. The van der Waals surface area contributed by atoms with Gasteiger partial charge in [0.05, 0.1) is 12.7 Å². The summed E-state index contributed by atoms with van der Waals surface area (Å²) in [7, 11) is 0. The number of hydrogen-bond acceptors (Lipinski definition) is 4. The van der Waals surface area contributed by atoms with Gasteiger partial charge in [-0.05, 0) is 6.92 Å². The van der Waals surface area contributed by atoms with Gasteiger partial charge in [-0.15, -0.1) is 5.10 Å². The molecule has 1 aromatic rings. The van der Waals surface area contributed by atoms with E-state index in [4.69, 9.17) is 10.8 Å². The zero-order valence-electron chi connectivity index (χ0n) is 6.64. The van der Waals surface area contributed by atoms with E-state index in [0.717, 1.165) is 0 Å². The molecule has 0 unspecified atom stereocenters. The van der Waals surface area contributed by atoms with Gasteiger partial charge in [0.1, 0.15) is 0 Å². The van der Waals surface area contributed by atoms with E-state index in [0.29, 0.717) is 6.54 Å². The van der Waals surface area contributed by atoms with Crippen LogP contribution < -0.4 is 5.73 Å². The number of rotatable bonds is 3. The van der Waals surface area contributed by atoms with E-state index >= 15 is 0 Å². The summed E-state index contributed by atoms with van der Waals surface area (Å²) >= 11 is 0. The summed E-state index contributed by atoms with van der Waals surface area (Å²) in [4.78, 5) is 10.4. The van der Waals surface area contributed by atoms with E-state index in [-0.39, 0.29) is 11.7 Å². The minimum atomic E-state index is -1.08. The molecule has 0 saturated heterocycles. The van der Waals surface area contributed by atoms with E-state index in [2.05, 4.69) is 10.3 Å². The van der Waals surface area contributed by atoms with Crippen LogP contribution in [0.2, 0.25) is 0 Å². The minimum absolute atomic E-state index is 0.0596. The van der Waals surface area contributed by atoms with Crippen LogP contribution in [0.1, 0.15) is 17.4 Å². The molecule has 1 rings (SSSR count). The fourth-order valence-electron chi connectivity index (χ4n) is 0.781. The maximum atomic E-state index is 10.4. The number of nitrogens with two attached hydrogens (primary N) is 1. The van der Waals surface area contributed by atoms with Crippen molar-refractivity contribution in [3.05, 3.63) is 11.9 Å². The predicted octanol–water partition coefficient (Wildman–Crippen LogP) is -0.677. The highest BCUT2D eigenvalue weighted by molar-refractivity contribution is 5.84. The zero-order valence-corrected chi connectivity index (χ0v) is 6.64. The Bertz CT molecular complexity index is 281. The molecule has 0 radical (unpaired) electrons. The maximum absolute atomic E-state index is 10.4. The number of aromatic carboxylic acids is 1. The summed E-state index contributed by atoms with van der Waals surface area (Å²) in [6, 6.07) is -0.0617. The summed E-state index contributed by atoms with van der Waals surface area (Å²) < 4.78 is 1.41. The minimum Gasteiger partial charge on any atom is -0.476 e. The SMILES string of the molecule is C[C@@H](N)Cn1cc(C(=O)O)nn1. The molecule has 0 bridgehead atoms. The second-order valence-corrected chi connectivity index (χ2v) is 2.61. The monoisotopic (exact) mass is 170 g/mol. The summed E-state index contributed by atoms with van der Waals surface area (Å²) in [6.45, 7) is 2.28. The van der Waals surface area contributed by atoms with Crippen molar-refractivity contribution in [2.24, 2.45) is 5.73 Å². The maximum Gasteiger partial charge on any atom is 0.358 e. The summed E-state index contributed by atoms with van der Waals surface area (Å²) in [5.74, 6) is -1.08. The van der Waals surface area contributed by atoms with E-state index < -0.39 is 5.97 Å². The molecule has 3 N–H and O–H groups in total. The molecule has 1 atom stereocenters. The Labute approximate surface area is 69.0 Å². The lowest BCUT2D eigenvalue weighted by atomic mass is 10.4. The van der Waals surface area contributed by atoms with Crippen molar-refractivity contribution in [2.75, 3.05) is 0 Å². The molecule has 0 aliphatic heterocycles. The Morgan fingerprint density at radius 1 is 1.92 bits per heavy atom. The van der Waals surface area contributed by atoms with Crippen LogP contribution in [0, 0.1) is 0 Å². The van der Waals surface area contributed by atoms with E-state index in [9.17, 15) is 4.79 Å². The van der Waals surface area contributed by atoms with Gasteiger partial charge in [0, 0.05) is 6.04 Å². The standard InChI is InChI=1S/C6H10N4O2/c1-4(7)2-10-3-5(6(11)12)8-9-10/h3-4H,2,7H2,1H3,(H,11,12)/t4-/m1/s1. The third kappa shape index (κ3) is 2.03. The van der Waals surface area contributed by atoms with Gasteiger partial charge in [-0.3, -0.25) is 4.68 Å². The molecule has 1 heterocycles. The Morgan fingerprint density at radius 3 is 3.00 bits per heavy atom. The molecule has 6 nitrogen and oxygen atoms in total. The van der Waals surface area contributed by atoms with E-state index in [1.807, 2.05) is 6.92 Å². The smallest absolute Gasteiger partial charge is 0.358 e. The quantitative estimate of drug-likeness (QED) is 0.627. The molecule has 66 valence electrons. The van der Waals surface area contributed by atoms with E-state index in [1.54, 1.807) is 0 Å². The molecule has 0 aliphatic rings. The van der Waals surface area contributed by atoms with Gasteiger partial charge in [-0.25, -0.2) is 4.79 Å². The highest BCUT2D eigenvalue weighted by atomic mass is 16.4. The summed E-state index contributed by atoms with van der Waals surface area (Å²) in [5, 5.41) is 15.5. The third-order valence-electron chi connectivity index (χ3n) is 1.23. The van der Waals surface area contributed by atoms with Gasteiger partial charge in [0.25, 0.3) is 0 Å². The van der Waals surface area contributed by atoms with Gasteiger partial charge < -0.3 is 10.8 Å². The second-order valence-electron chi connectivity index (χ2n) is 2.61. The topological polar surface area (TPSA) is 94.0 Å². The summed E-state index contributed by atoms with van der Waals surface area (Å²) in [5.41, 5.74) is 5.41. The number of carboxylic acids is 1. The molecule has 6 heteroatoms. The molecule has 0 amide bonds. The first-order valence-electron chi connectivity index (χ1n) is 3.48. The fourth-order valence-corrected chi connectivity index (χ4v) is 0.781. The molecule has 0 aromatic carbocycles. The first kappa shape index (κ1) is 8.66. The molecule has 1 aromatic heterocycles. The molecule has 0 spiro atoms. The molecule has 12 heavy (non-hydrogen) atoms. The van der Waals surface area contributed by atoms with Crippen molar-refractivity contribution in [2.45, 2.75) is 19.5 Å². The van der Waals surface area contributed by atoms with Crippen LogP contribution >= 0.6 is 0 Å². The van der Waals surface area contributed by atoms with Gasteiger partial charge in [0.15, 0.2) is 5.69 Å². The number of aromatic nitrogens is 3. The first-order valence-corrected chi connectivity index (χ1v) is 3.48. The number of hydrogen-bond donors (Lipinski definition) is 2. The molecule has 0 aliphatic carbocycles. The second kappa shape index (κ2) is 3.31. The Balaban J connectivity index is 2.71. The van der Waals surface area contributed by atoms with E-state index in [1.165, 1.54) is 10.9 Å². The fraction of sp³-hybridized carbons (Fsp3) is 0.500. The lowest BCUT2D eigenvalue weighted by molar-refractivity contribution is 0.0690. The van der Waals surface area contributed by atoms with Crippen molar-refractivity contribution in [1.29, 1.82) is 0 Å². The lowest BCUT2D eigenvalue weighted by Gasteiger charge is -2.01. The largest absolute Gasteiger partial charge is 0.476 e. The average molecular weight is 170 g/mol. The van der Waals surface area contributed by atoms with Crippen molar-refractivity contribution in [1.82, 2.24) is 15.0 Å². The van der Waals surface area contributed by atoms with Gasteiger partial charge in [0.2, 0.25) is 0 Å².